The highest BCUT2D eigenvalue weighted by Crippen LogP contribution is 2.35. The van der Waals surface area contributed by atoms with Gasteiger partial charge >= 0.3 is 0 Å². The van der Waals surface area contributed by atoms with Crippen LogP contribution in [0.1, 0.15) is 25.5 Å². The molecule has 30 heavy (non-hydrogen) atoms. The second-order valence-corrected chi connectivity index (χ2v) is 11.3. The summed E-state index contributed by atoms with van der Waals surface area (Å²) in [7, 11) is -6.89. The molecule has 10 heteroatoms. The topological polar surface area (TPSA) is 110 Å². The summed E-state index contributed by atoms with van der Waals surface area (Å²) in [5.74, 6) is -0.231. The highest BCUT2D eigenvalue weighted by Gasteiger charge is 2.36. The number of carbonyl (C=O) groups is 1. The monoisotopic (exact) mass is 452 g/mol. The van der Waals surface area contributed by atoms with E-state index in [1.165, 1.54) is 16.4 Å². The molecule has 2 aromatic rings. The lowest BCUT2D eigenvalue weighted by atomic mass is 10.1. The van der Waals surface area contributed by atoms with Gasteiger partial charge in [0, 0.05) is 6.26 Å². The summed E-state index contributed by atoms with van der Waals surface area (Å²) < 4.78 is 55.2. The Kier molecular flexibility index (Phi) is 6.09. The zero-order valence-electron chi connectivity index (χ0n) is 16.9. The van der Waals surface area contributed by atoms with E-state index >= 15 is 0 Å². The van der Waals surface area contributed by atoms with E-state index in [-0.39, 0.29) is 17.2 Å². The van der Waals surface area contributed by atoms with Gasteiger partial charge < -0.3 is 10.1 Å². The number of fused-ring (bicyclic) bond motifs is 1. The minimum atomic E-state index is -3.58. The van der Waals surface area contributed by atoms with Gasteiger partial charge in [0.05, 0.1) is 28.9 Å². The lowest BCUT2D eigenvalue weighted by Gasteiger charge is -2.35. The molecule has 1 aliphatic heterocycles. The number of benzene rings is 2. The van der Waals surface area contributed by atoms with Crippen molar-refractivity contribution in [2.24, 2.45) is 0 Å². The molecule has 1 N–H and O–H groups in total. The van der Waals surface area contributed by atoms with Crippen molar-refractivity contribution in [3.8, 4) is 5.75 Å². The Morgan fingerprint density at radius 3 is 2.37 bits per heavy atom. The van der Waals surface area contributed by atoms with E-state index in [0.29, 0.717) is 17.0 Å². The molecule has 0 unspecified atom stereocenters. The third kappa shape index (κ3) is 4.59. The summed E-state index contributed by atoms with van der Waals surface area (Å²) in [6.45, 7) is 3.17. The summed E-state index contributed by atoms with van der Waals surface area (Å²) >= 11 is 0. The molecule has 0 saturated heterocycles. The first-order chi connectivity index (χ1) is 14.0. The maximum absolute atomic E-state index is 12.8. The molecule has 1 heterocycles. The van der Waals surface area contributed by atoms with Crippen molar-refractivity contribution in [3.05, 3.63) is 54.1 Å². The predicted octanol–water partition coefficient (Wildman–Crippen LogP) is 1.88. The summed E-state index contributed by atoms with van der Waals surface area (Å²) in [6.07, 6.45) is 0.112. The number of nitrogens with one attached hydrogen (secondary N) is 1. The maximum atomic E-state index is 12.8. The fourth-order valence-corrected chi connectivity index (χ4v) is 4.91. The number of hydrogen-bond donors (Lipinski definition) is 1. The first-order valence-corrected chi connectivity index (χ1v) is 12.9. The molecule has 0 fully saturated rings. The molecule has 0 aromatic heterocycles. The van der Waals surface area contributed by atoms with Gasteiger partial charge in [0.25, 0.3) is 5.91 Å². The third-order valence-electron chi connectivity index (χ3n) is 4.89. The lowest BCUT2D eigenvalue weighted by molar-refractivity contribution is -0.128. The van der Waals surface area contributed by atoms with Crippen LogP contribution in [0.4, 0.5) is 5.69 Å². The van der Waals surface area contributed by atoms with E-state index in [1.54, 1.807) is 50.2 Å². The van der Waals surface area contributed by atoms with Crippen LogP contribution in [0.15, 0.2) is 53.4 Å². The number of rotatable bonds is 6. The molecule has 8 nitrogen and oxygen atoms in total. The van der Waals surface area contributed by atoms with Crippen molar-refractivity contribution < 1.29 is 26.4 Å². The Labute approximate surface area is 176 Å². The number of sulfonamides is 1. The van der Waals surface area contributed by atoms with Crippen LogP contribution >= 0.6 is 0 Å². The average molecular weight is 453 g/mol. The van der Waals surface area contributed by atoms with Crippen LogP contribution in [-0.4, -0.2) is 47.4 Å². The molecule has 0 radical (unpaired) electrons. The number of anilines is 1. The summed E-state index contributed by atoms with van der Waals surface area (Å²) in [5.41, 5.74) is 1.12. The molecule has 0 bridgehead atoms. The van der Waals surface area contributed by atoms with E-state index in [0.717, 1.165) is 6.26 Å². The molecule has 1 aliphatic rings. The van der Waals surface area contributed by atoms with Crippen LogP contribution in [0.2, 0.25) is 0 Å². The Morgan fingerprint density at radius 1 is 1.13 bits per heavy atom. The second kappa shape index (κ2) is 8.27. The Morgan fingerprint density at radius 2 is 1.77 bits per heavy atom. The van der Waals surface area contributed by atoms with Crippen LogP contribution in [-0.2, 0) is 24.7 Å². The molecule has 2 atom stereocenters. The van der Waals surface area contributed by atoms with E-state index in [9.17, 15) is 21.6 Å². The summed E-state index contributed by atoms with van der Waals surface area (Å²) in [6, 6.07) is 12.5. The number of nitrogens with zero attached hydrogens (tertiary/aromatic N) is 1. The van der Waals surface area contributed by atoms with Gasteiger partial charge in [-0.2, -0.15) is 0 Å². The quantitative estimate of drug-likeness (QED) is 0.717. The summed E-state index contributed by atoms with van der Waals surface area (Å²) in [4.78, 5) is 13.0. The minimum absolute atomic E-state index is 0.0985. The SMILES string of the molecule is CCS(=O)(=O)N1C[C@@H](C(=O)N[C@@H](C)c2ccc(S(C)(=O)=O)cc2)Oc2ccccc21. The van der Waals surface area contributed by atoms with Gasteiger partial charge in [0.2, 0.25) is 10.0 Å². The fourth-order valence-electron chi connectivity index (χ4n) is 3.15. The van der Waals surface area contributed by atoms with Gasteiger partial charge in [-0.05, 0) is 43.7 Å². The minimum Gasteiger partial charge on any atom is -0.476 e. The van der Waals surface area contributed by atoms with Crippen molar-refractivity contribution >= 4 is 31.5 Å². The fraction of sp³-hybridized carbons (Fsp3) is 0.350. The molecular formula is C20H24N2O6S2. The van der Waals surface area contributed by atoms with Gasteiger partial charge in [-0.15, -0.1) is 0 Å². The van der Waals surface area contributed by atoms with Crippen molar-refractivity contribution in [2.75, 3.05) is 22.9 Å². The second-order valence-electron chi connectivity index (χ2n) is 7.08. The maximum Gasteiger partial charge on any atom is 0.263 e. The number of sulfone groups is 1. The number of hydrogen-bond acceptors (Lipinski definition) is 6. The predicted molar refractivity (Wildman–Crippen MR) is 114 cm³/mol. The first-order valence-electron chi connectivity index (χ1n) is 9.39. The molecule has 0 spiro atoms. The third-order valence-corrected chi connectivity index (χ3v) is 7.77. The van der Waals surface area contributed by atoms with Crippen molar-refractivity contribution in [1.82, 2.24) is 5.32 Å². The molecule has 3 rings (SSSR count). The number of amides is 1. The highest BCUT2D eigenvalue weighted by molar-refractivity contribution is 7.92. The lowest BCUT2D eigenvalue weighted by Crippen LogP contribution is -2.51. The van der Waals surface area contributed by atoms with Crippen molar-refractivity contribution in [1.29, 1.82) is 0 Å². The van der Waals surface area contributed by atoms with Crippen LogP contribution in [0.25, 0.3) is 0 Å². The van der Waals surface area contributed by atoms with Crippen LogP contribution < -0.4 is 14.4 Å². The molecule has 1 amide bonds. The van der Waals surface area contributed by atoms with Gasteiger partial charge in [-0.1, -0.05) is 24.3 Å². The van der Waals surface area contributed by atoms with E-state index in [4.69, 9.17) is 4.74 Å². The Balaban J connectivity index is 1.78. The van der Waals surface area contributed by atoms with E-state index < -0.39 is 37.9 Å². The van der Waals surface area contributed by atoms with Crippen molar-refractivity contribution in [3.63, 3.8) is 0 Å². The van der Waals surface area contributed by atoms with Crippen LogP contribution in [0.5, 0.6) is 5.75 Å². The highest BCUT2D eigenvalue weighted by atomic mass is 32.2. The van der Waals surface area contributed by atoms with E-state index in [1.807, 2.05) is 0 Å². The Bertz CT molecular complexity index is 1140. The zero-order valence-corrected chi connectivity index (χ0v) is 18.5. The van der Waals surface area contributed by atoms with Crippen LogP contribution in [0.3, 0.4) is 0 Å². The smallest absolute Gasteiger partial charge is 0.263 e. The number of para-hydroxylation sites is 2. The molecule has 0 aliphatic carbocycles. The van der Waals surface area contributed by atoms with Gasteiger partial charge in [0.15, 0.2) is 15.9 Å². The van der Waals surface area contributed by atoms with Crippen LogP contribution in [0, 0.1) is 0 Å². The number of carbonyl (C=O) groups excluding carboxylic acids is 1. The number of ether oxygens (including phenoxy) is 1. The Hall–Kier alpha value is -2.59. The first kappa shape index (κ1) is 22.1. The van der Waals surface area contributed by atoms with Gasteiger partial charge in [0.1, 0.15) is 5.75 Å². The largest absolute Gasteiger partial charge is 0.476 e. The molecule has 162 valence electrons. The average Bonchev–Trinajstić information content (AvgIpc) is 2.72. The molecule has 2 aromatic carbocycles. The van der Waals surface area contributed by atoms with Gasteiger partial charge in [-0.3, -0.25) is 9.10 Å². The summed E-state index contributed by atoms with van der Waals surface area (Å²) in [5, 5.41) is 2.81. The van der Waals surface area contributed by atoms with Crippen molar-refractivity contribution in [2.45, 2.75) is 30.9 Å². The molecule has 0 saturated carbocycles. The van der Waals surface area contributed by atoms with Gasteiger partial charge in [-0.25, -0.2) is 16.8 Å². The molecular weight excluding hydrogens is 428 g/mol. The standard InChI is InChI=1S/C20H24N2O6S2/c1-4-30(26,27)22-13-19(28-18-8-6-5-7-17(18)22)20(23)21-14(2)15-9-11-16(12-10-15)29(3,24)25/h5-12,14,19H,4,13H2,1-3H3,(H,21,23)/t14-,19-/m0/s1. The zero-order chi connectivity index (χ0) is 22.1. The normalized spacial score (nSPS) is 17.6. The van der Waals surface area contributed by atoms with E-state index in [2.05, 4.69) is 5.32 Å².